The number of rotatable bonds is 7. The second-order valence-electron chi connectivity index (χ2n) is 8.42. The second-order valence-corrected chi connectivity index (χ2v) is 8.42. The number of nitrogens with two attached hydrogens (primary N) is 1. The van der Waals surface area contributed by atoms with E-state index in [-0.39, 0.29) is 23.9 Å². The molecule has 175 valence electrons. The molecular formula is C24H25F3N3O3. The van der Waals surface area contributed by atoms with Gasteiger partial charge in [0.15, 0.2) is 0 Å². The molecule has 4 rings (SSSR count). The van der Waals surface area contributed by atoms with Gasteiger partial charge in [-0.05, 0) is 43.0 Å². The Morgan fingerprint density at radius 1 is 1.03 bits per heavy atom. The van der Waals surface area contributed by atoms with Crippen LogP contribution in [-0.4, -0.2) is 60.2 Å². The predicted molar refractivity (Wildman–Crippen MR) is 115 cm³/mol. The molecular weight excluding hydrogens is 435 g/mol. The number of amides is 2. The highest BCUT2D eigenvalue weighted by atomic mass is 19.4. The van der Waals surface area contributed by atoms with Crippen LogP contribution in [0.15, 0.2) is 54.6 Å². The van der Waals surface area contributed by atoms with Gasteiger partial charge in [-0.1, -0.05) is 42.5 Å². The Hall–Kier alpha value is -3.07. The third kappa shape index (κ3) is 5.30. The SMILES string of the molecule is NC(=O)C1[C@@H]2CN(C(=O)c3ccccc3OC(F)(F)F)CC2CN1CC[CH]c1ccccc1. The fourth-order valence-electron chi connectivity index (χ4n) is 4.93. The Labute approximate surface area is 190 Å². The van der Waals surface area contributed by atoms with E-state index in [0.717, 1.165) is 18.1 Å². The number of alkyl halides is 3. The van der Waals surface area contributed by atoms with Gasteiger partial charge in [0.05, 0.1) is 11.6 Å². The number of carbonyl (C=O) groups excluding carboxylic acids is 2. The first-order valence-corrected chi connectivity index (χ1v) is 10.8. The van der Waals surface area contributed by atoms with Gasteiger partial charge in [-0.15, -0.1) is 13.2 Å². The summed E-state index contributed by atoms with van der Waals surface area (Å²) in [7, 11) is 0. The summed E-state index contributed by atoms with van der Waals surface area (Å²) in [5, 5.41) is 0. The van der Waals surface area contributed by atoms with Crippen molar-refractivity contribution in [3.05, 3.63) is 72.1 Å². The van der Waals surface area contributed by atoms with Crippen molar-refractivity contribution in [1.82, 2.24) is 9.80 Å². The van der Waals surface area contributed by atoms with E-state index in [4.69, 9.17) is 5.73 Å². The highest BCUT2D eigenvalue weighted by Crippen LogP contribution is 2.38. The van der Waals surface area contributed by atoms with Gasteiger partial charge < -0.3 is 15.4 Å². The van der Waals surface area contributed by atoms with Gasteiger partial charge in [0.1, 0.15) is 5.75 Å². The van der Waals surface area contributed by atoms with Crippen molar-refractivity contribution in [2.75, 3.05) is 26.2 Å². The van der Waals surface area contributed by atoms with Gasteiger partial charge in [-0.3, -0.25) is 14.5 Å². The molecule has 0 spiro atoms. The lowest BCUT2D eigenvalue weighted by Crippen LogP contribution is -2.46. The average Bonchev–Trinajstić information content (AvgIpc) is 3.31. The van der Waals surface area contributed by atoms with Crippen LogP contribution >= 0.6 is 0 Å². The molecule has 2 unspecified atom stereocenters. The maximum atomic E-state index is 13.0. The zero-order valence-electron chi connectivity index (χ0n) is 17.9. The molecule has 2 saturated heterocycles. The second kappa shape index (κ2) is 9.43. The molecule has 3 atom stereocenters. The molecule has 2 aliphatic heterocycles. The van der Waals surface area contributed by atoms with Crippen LogP contribution in [0.4, 0.5) is 13.2 Å². The summed E-state index contributed by atoms with van der Waals surface area (Å²) < 4.78 is 42.2. The number of primary amides is 1. The maximum Gasteiger partial charge on any atom is 0.573 e. The van der Waals surface area contributed by atoms with E-state index in [9.17, 15) is 22.8 Å². The Bertz CT molecular complexity index is 999. The minimum Gasteiger partial charge on any atom is -0.405 e. The van der Waals surface area contributed by atoms with Crippen LogP contribution in [-0.2, 0) is 4.79 Å². The Kier molecular flexibility index (Phi) is 6.60. The highest BCUT2D eigenvalue weighted by molar-refractivity contribution is 5.97. The quantitative estimate of drug-likeness (QED) is 0.689. The molecule has 2 aromatic carbocycles. The summed E-state index contributed by atoms with van der Waals surface area (Å²) in [5.41, 5.74) is 6.66. The summed E-state index contributed by atoms with van der Waals surface area (Å²) >= 11 is 0. The number of hydrogen-bond acceptors (Lipinski definition) is 4. The van der Waals surface area contributed by atoms with Gasteiger partial charge in [-0.2, -0.15) is 0 Å². The van der Waals surface area contributed by atoms with E-state index >= 15 is 0 Å². The fraction of sp³-hybridized carbons (Fsp3) is 0.375. The first-order chi connectivity index (χ1) is 15.7. The van der Waals surface area contributed by atoms with Crippen LogP contribution in [0.3, 0.4) is 0 Å². The largest absolute Gasteiger partial charge is 0.573 e. The molecule has 33 heavy (non-hydrogen) atoms. The molecule has 0 bridgehead atoms. The lowest BCUT2D eigenvalue weighted by molar-refractivity contribution is -0.274. The van der Waals surface area contributed by atoms with E-state index in [1.165, 1.54) is 23.1 Å². The van der Waals surface area contributed by atoms with Crippen LogP contribution < -0.4 is 10.5 Å². The lowest BCUT2D eigenvalue weighted by Gasteiger charge is -2.27. The fourth-order valence-corrected chi connectivity index (χ4v) is 4.93. The van der Waals surface area contributed by atoms with E-state index in [1.807, 2.05) is 30.3 Å². The van der Waals surface area contributed by atoms with Crippen molar-refractivity contribution < 1.29 is 27.5 Å². The van der Waals surface area contributed by atoms with Crippen LogP contribution in [0.5, 0.6) is 5.75 Å². The topological polar surface area (TPSA) is 75.9 Å². The van der Waals surface area contributed by atoms with E-state index in [2.05, 4.69) is 16.1 Å². The molecule has 2 N–H and O–H groups in total. The number of ether oxygens (including phenoxy) is 1. The number of halogens is 3. The van der Waals surface area contributed by atoms with Crippen molar-refractivity contribution in [2.24, 2.45) is 17.6 Å². The first-order valence-electron chi connectivity index (χ1n) is 10.8. The molecule has 0 saturated carbocycles. The zero-order chi connectivity index (χ0) is 23.6. The summed E-state index contributed by atoms with van der Waals surface area (Å²) in [6.07, 6.45) is -2.05. The number of para-hydroxylation sites is 1. The van der Waals surface area contributed by atoms with Crippen LogP contribution in [0.1, 0.15) is 22.3 Å². The summed E-state index contributed by atoms with van der Waals surface area (Å²) in [4.78, 5) is 28.8. The van der Waals surface area contributed by atoms with Gasteiger partial charge in [0.25, 0.3) is 5.91 Å². The minimum atomic E-state index is -4.90. The molecule has 2 aliphatic rings. The number of fused-ring (bicyclic) bond motifs is 1. The highest BCUT2D eigenvalue weighted by Gasteiger charge is 2.50. The predicted octanol–water partition coefficient (Wildman–Crippen LogP) is 3.09. The van der Waals surface area contributed by atoms with Crippen molar-refractivity contribution in [2.45, 2.75) is 18.8 Å². The maximum absolute atomic E-state index is 13.0. The third-order valence-corrected chi connectivity index (χ3v) is 6.28. The molecule has 6 nitrogen and oxygen atoms in total. The number of hydrogen-bond donors (Lipinski definition) is 1. The van der Waals surface area contributed by atoms with Crippen molar-refractivity contribution >= 4 is 11.8 Å². The van der Waals surface area contributed by atoms with E-state index in [1.54, 1.807) is 0 Å². The van der Waals surface area contributed by atoms with Crippen LogP contribution in [0, 0.1) is 18.3 Å². The number of benzene rings is 2. The van der Waals surface area contributed by atoms with Crippen molar-refractivity contribution in [1.29, 1.82) is 0 Å². The summed E-state index contributed by atoms with van der Waals surface area (Å²) in [5.74, 6) is -1.65. The summed E-state index contributed by atoms with van der Waals surface area (Å²) in [6.45, 7) is 1.87. The van der Waals surface area contributed by atoms with Gasteiger partial charge in [-0.25, -0.2) is 0 Å². The normalized spacial score (nSPS) is 22.9. The van der Waals surface area contributed by atoms with Crippen LogP contribution in [0.25, 0.3) is 0 Å². The molecule has 0 aliphatic carbocycles. The molecule has 2 fully saturated rings. The molecule has 9 heteroatoms. The van der Waals surface area contributed by atoms with E-state index in [0.29, 0.717) is 19.6 Å². The van der Waals surface area contributed by atoms with Gasteiger partial charge in [0, 0.05) is 25.6 Å². The summed E-state index contributed by atoms with van der Waals surface area (Å²) in [6, 6.07) is 14.7. The number of nitrogens with zero attached hydrogens (tertiary/aromatic N) is 2. The molecule has 1 radical (unpaired) electrons. The van der Waals surface area contributed by atoms with Crippen LogP contribution in [0.2, 0.25) is 0 Å². The average molecular weight is 460 g/mol. The smallest absolute Gasteiger partial charge is 0.405 e. The number of carbonyl (C=O) groups is 2. The molecule has 0 aromatic heterocycles. The lowest BCUT2D eigenvalue weighted by atomic mass is 9.94. The third-order valence-electron chi connectivity index (χ3n) is 6.28. The van der Waals surface area contributed by atoms with Crippen molar-refractivity contribution in [3.63, 3.8) is 0 Å². The molecule has 2 amide bonds. The number of likely N-dealkylation sites (tertiary alicyclic amines) is 2. The monoisotopic (exact) mass is 460 g/mol. The first kappa shape index (κ1) is 23.1. The standard InChI is InChI=1S/C24H25F3N3O3/c25-24(26,27)33-20-11-5-4-10-18(20)23(32)30-14-17-13-29(21(22(28)31)19(17)15-30)12-6-9-16-7-2-1-3-8-16/h1-5,7-11,17,19,21H,6,12-15H2,(H2,28,31)/t17?,19-,21?/m1/s1. The minimum absolute atomic E-state index is 0.0267. The van der Waals surface area contributed by atoms with Gasteiger partial charge >= 0.3 is 6.36 Å². The Morgan fingerprint density at radius 3 is 2.42 bits per heavy atom. The van der Waals surface area contributed by atoms with Gasteiger partial charge in [0.2, 0.25) is 5.91 Å². The van der Waals surface area contributed by atoms with Crippen molar-refractivity contribution in [3.8, 4) is 5.75 Å². The Morgan fingerprint density at radius 2 is 1.73 bits per heavy atom. The van der Waals surface area contributed by atoms with E-state index < -0.39 is 30.0 Å². The zero-order valence-corrected chi connectivity index (χ0v) is 17.9. The Balaban J connectivity index is 1.41. The molecule has 2 heterocycles. The molecule has 2 aromatic rings.